The molecule has 0 spiro atoms. The van der Waals surface area contributed by atoms with Gasteiger partial charge in [-0.2, -0.15) is 0 Å². The summed E-state index contributed by atoms with van der Waals surface area (Å²) in [5.41, 5.74) is 1.59. The summed E-state index contributed by atoms with van der Waals surface area (Å²) < 4.78 is 0. The number of likely N-dealkylation sites (tertiary alicyclic amines) is 1. The highest BCUT2D eigenvalue weighted by Crippen LogP contribution is 2.42. The lowest BCUT2D eigenvalue weighted by atomic mass is 9.88. The van der Waals surface area contributed by atoms with Gasteiger partial charge in [0.1, 0.15) is 0 Å². The van der Waals surface area contributed by atoms with Crippen LogP contribution in [0.1, 0.15) is 30.9 Å². The minimum Gasteiger partial charge on any atom is -0.315 e. The topological polar surface area (TPSA) is 15.3 Å². The van der Waals surface area contributed by atoms with Crippen molar-refractivity contribution in [3.63, 3.8) is 0 Å². The normalized spacial score (nSPS) is 34.8. The molecule has 3 heteroatoms. The second kappa shape index (κ2) is 5.12. The summed E-state index contributed by atoms with van der Waals surface area (Å²) in [6, 6.07) is 10.5. The highest BCUT2D eigenvalue weighted by molar-refractivity contribution is 7.99. The Bertz CT molecular complexity index is 462. The van der Waals surface area contributed by atoms with Crippen molar-refractivity contribution < 1.29 is 0 Å². The van der Waals surface area contributed by atoms with Crippen LogP contribution in [0, 0.1) is 5.92 Å². The molecule has 1 aromatic rings. The van der Waals surface area contributed by atoms with E-state index in [-0.39, 0.29) is 0 Å². The Balaban J connectivity index is 1.65. The van der Waals surface area contributed by atoms with Gasteiger partial charge in [0.05, 0.1) is 0 Å². The molecule has 2 fully saturated rings. The van der Waals surface area contributed by atoms with Gasteiger partial charge in [0.2, 0.25) is 0 Å². The molecule has 0 aromatic heterocycles. The first-order valence-electron chi connectivity index (χ1n) is 7.61. The van der Waals surface area contributed by atoms with Crippen LogP contribution in [-0.2, 0) is 0 Å². The Kier molecular flexibility index (Phi) is 3.30. The average Bonchev–Trinajstić information content (AvgIpc) is 2.95. The molecule has 0 saturated carbocycles. The maximum Gasteiger partial charge on any atom is 0.0370 e. The molecule has 2 nitrogen and oxygen atoms in total. The number of benzene rings is 1. The lowest BCUT2D eigenvalue weighted by Crippen LogP contribution is -2.47. The van der Waals surface area contributed by atoms with Crippen molar-refractivity contribution in [2.45, 2.75) is 36.2 Å². The minimum atomic E-state index is 0.671. The zero-order valence-corrected chi connectivity index (χ0v) is 12.2. The Morgan fingerprint density at radius 2 is 2.11 bits per heavy atom. The fourth-order valence-corrected chi connectivity index (χ4v) is 5.26. The summed E-state index contributed by atoms with van der Waals surface area (Å²) in [6.45, 7) is 3.74. The number of fused-ring (bicyclic) bond motifs is 2. The van der Waals surface area contributed by atoms with Crippen LogP contribution < -0.4 is 5.32 Å². The number of hydrogen-bond donors (Lipinski definition) is 1. The molecule has 2 saturated heterocycles. The van der Waals surface area contributed by atoms with Crippen molar-refractivity contribution in [1.82, 2.24) is 10.2 Å². The van der Waals surface area contributed by atoms with E-state index in [9.17, 15) is 0 Å². The van der Waals surface area contributed by atoms with Gasteiger partial charge < -0.3 is 5.32 Å². The number of rotatable bonds is 1. The van der Waals surface area contributed by atoms with Crippen molar-refractivity contribution in [1.29, 1.82) is 0 Å². The molecular weight excluding hydrogens is 252 g/mol. The molecule has 0 amide bonds. The lowest BCUT2D eigenvalue weighted by Gasteiger charge is -2.44. The SMILES string of the molecule is c1ccc2c(c1)SCCC2N1CCCC2CNCC21. The van der Waals surface area contributed by atoms with Crippen LogP contribution >= 0.6 is 11.8 Å². The summed E-state index contributed by atoms with van der Waals surface area (Å²) >= 11 is 2.04. The molecule has 0 bridgehead atoms. The molecule has 3 aliphatic rings. The van der Waals surface area contributed by atoms with Crippen molar-refractivity contribution in [3.8, 4) is 0 Å². The van der Waals surface area contributed by atoms with Crippen LogP contribution in [0.3, 0.4) is 0 Å². The molecule has 0 aliphatic carbocycles. The third kappa shape index (κ3) is 2.12. The van der Waals surface area contributed by atoms with E-state index in [1.165, 1.54) is 49.5 Å². The first-order chi connectivity index (χ1) is 9.43. The van der Waals surface area contributed by atoms with E-state index in [0.717, 1.165) is 12.0 Å². The molecule has 3 atom stereocenters. The Hall–Kier alpha value is -0.510. The van der Waals surface area contributed by atoms with E-state index in [2.05, 4.69) is 34.5 Å². The van der Waals surface area contributed by atoms with E-state index >= 15 is 0 Å². The standard InChI is InChI=1S/C16H22N2S/c1-2-6-16-13(5-1)14(7-9-19-16)18-8-3-4-12-10-17-11-15(12)18/h1-2,5-6,12,14-15,17H,3-4,7-11H2. The van der Waals surface area contributed by atoms with Crippen molar-refractivity contribution >= 4 is 11.8 Å². The van der Waals surface area contributed by atoms with Crippen LogP contribution in [0.4, 0.5) is 0 Å². The van der Waals surface area contributed by atoms with Crippen molar-refractivity contribution in [2.24, 2.45) is 5.92 Å². The molecule has 1 N–H and O–H groups in total. The predicted molar refractivity (Wildman–Crippen MR) is 80.6 cm³/mol. The second-order valence-electron chi connectivity index (χ2n) is 6.06. The number of nitrogens with zero attached hydrogens (tertiary/aromatic N) is 1. The predicted octanol–water partition coefficient (Wildman–Crippen LogP) is 2.91. The molecule has 1 aromatic carbocycles. The van der Waals surface area contributed by atoms with Gasteiger partial charge in [0.15, 0.2) is 0 Å². The average molecular weight is 274 g/mol. The lowest BCUT2D eigenvalue weighted by molar-refractivity contribution is 0.0730. The fourth-order valence-electron chi connectivity index (χ4n) is 4.16. The molecule has 102 valence electrons. The van der Waals surface area contributed by atoms with Crippen LogP contribution in [0.25, 0.3) is 0 Å². The summed E-state index contributed by atoms with van der Waals surface area (Å²) in [5, 5.41) is 3.61. The fraction of sp³-hybridized carbons (Fsp3) is 0.625. The molecule has 0 radical (unpaired) electrons. The largest absolute Gasteiger partial charge is 0.315 e. The highest BCUT2D eigenvalue weighted by Gasteiger charge is 2.39. The Labute approximate surface area is 119 Å². The van der Waals surface area contributed by atoms with E-state index < -0.39 is 0 Å². The van der Waals surface area contributed by atoms with Crippen LogP contribution in [0.5, 0.6) is 0 Å². The Morgan fingerprint density at radius 1 is 1.16 bits per heavy atom. The van der Waals surface area contributed by atoms with E-state index in [4.69, 9.17) is 0 Å². The van der Waals surface area contributed by atoms with Crippen LogP contribution in [0.2, 0.25) is 0 Å². The zero-order chi connectivity index (χ0) is 12.7. The second-order valence-corrected chi connectivity index (χ2v) is 7.19. The van der Waals surface area contributed by atoms with Gasteiger partial charge in [0, 0.05) is 23.5 Å². The quantitative estimate of drug-likeness (QED) is 0.848. The number of hydrogen-bond acceptors (Lipinski definition) is 3. The van der Waals surface area contributed by atoms with Crippen molar-refractivity contribution in [2.75, 3.05) is 25.4 Å². The monoisotopic (exact) mass is 274 g/mol. The molecule has 4 rings (SSSR count). The molecule has 3 heterocycles. The summed E-state index contributed by atoms with van der Waals surface area (Å²) in [7, 11) is 0. The maximum atomic E-state index is 3.61. The first kappa shape index (κ1) is 12.2. The van der Waals surface area contributed by atoms with Crippen molar-refractivity contribution in [3.05, 3.63) is 29.8 Å². The van der Waals surface area contributed by atoms with Gasteiger partial charge in [0.25, 0.3) is 0 Å². The third-order valence-corrected chi connectivity index (χ3v) is 6.17. The van der Waals surface area contributed by atoms with Gasteiger partial charge in [-0.3, -0.25) is 4.90 Å². The highest BCUT2D eigenvalue weighted by atomic mass is 32.2. The van der Waals surface area contributed by atoms with Gasteiger partial charge in [-0.05, 0) is 55.7 Å². The minimum absolute atomic E-state index is 0.671. The molecule has 19 heavy (non-hydrogen) atoms. The van der Waals surface area contributed by atoms with Crippen LogP contribution in [-0.4, -0.2) is 36.3 Å². The van der Waals surface area contributed by atoms with Gasteiger partial charge in [-0.1, -0.05) is 18.2 Å². The van der Waals surface area contributed by atoms with Gasteiger partial charge in [-0.15, -0.1) is 11.8 Å². The number of piperidine rings is 1. The smallest absolute Gasteiger partial charge is 0.0370 e. The Morgan fingerprint density at radius 3 is 3.11 bits per heavy atom. The zero-order valence-electron chi connectivity index (χ0n) is 11.3. The molecule has 3 aliphatic heterocycles. The van der Waals surface area contributed by atoms with E-state index in [0.29, 0.717) is 6.04 Å². The summed E-state index contributed by atoms with van der Waals surface area (Å²) in [6.07, 6.45) is 4.14. The summed E-state index contributed by atoms with van der Waals surface area (Å²) in [4.78, 5) is 4.35. The van der Waals surface area contributed by atoms with Gasteiger partial charge in [-0.25, -0.2) is 0 Å². The third-order valence-electron chi connectivity index (χ3n) is 5.05. The van der Waals surface area contributed by atoms with Gasteiger partial charge >= 0.3 is 0 Å². The summed E-state index contributed by atoms with van der Waals surface area (Å²) in [5.74, 6) is 2.18. The molecular formula is C16H22N2S. The number of thioether (sulfide) groups is 1. The van der Waals surface area contributed by atoms with E-state index in [1.807, 2.05) is 11.8 Å². The van der Waals surface area contributed by atoms with Crippen LogP contribution in [0.15, 0.2) is 29.2 Å². The van der Waals surface area contributed by atoms with E-state index in [1.54, 1.807) is 5.56 Å². The first-order valence-corrected chi connectivity index (χ1v) is 8.60. The molecule has 3 unspecified atom stereocenters. The number of nitrogens with one attached hydrogen (secondary N) is 1. The maximum absolute atomic E-state index is 3.61.